The summed E-state index contributed by atoms with van der Waals surface area (Å²) in [6, 6.07) is 0. The van der Waals surface area contributed by atoms with Gasteiger partial charge in [0, 0.05) is 19.6 Å². The average molecular weight is 195 g/mol. The zero-order chi connectivity index (χ0) is 10.2. The number of oxazole rings is 1. The van der Waals surface area contributed by atoms with Crippen molar-refractivity contribution in [2.45, 2.75) is 19.4 Å². The smallest absolute Gasteiger partial charge is 0.181 e. The van der Waals surface area contributed by atoms with E-state index in [9.17, 15) is 0 Å². The molecule has 1 N–H and O–H groups in total. The van der Waals surface area contributed by atoms with Crippen LogP contribution in [0.4, 0.5) is 0 Å². The minimum atomic E-state index is -0.0567. The van der Waals surface area contributed by atoms with Crippen LogP contribution in [0.25, 0.3) is 0 Å². The number of aromatic nitrogens is 1. The van der Waals surface area contributed by atoms with E-state index in [-0.39, 0.29) is 5.54 Å². The van der Waals surface area contributed by atoms with Crippen molar-refractivity contribution in [1.29, 1.82) is 0 Å². The van der Waals surface area contributed by atoms with Gasteiger partial charge in [0.2, 0.25) is 0 Å². The van der Waals surface area contributed by atoms with Crippen molar-refractivity contribution >= 4 is 0 Å². The van der Waals surface area contributed by atoms with Gasteiger partial charge in [-0.1, -0.05) is 0 Å². The van der Waals surface area contributed by atoms with E-state index in [0.29, 0.717) is 0 Å². The van der Waals surface area contributed by atoms with Crippen molar-refractivity contribution in [2.24, 2.45) is 0 Å². The van der Waals surface area contributed by atoms with Gasteiger partial charge in [0.05, 0.1) is 11.2 Å². The Morgan fingerprint density at radius 3 is 3.00 bits per heavy atom. The summed E-state index contributed by atoms with van der Waals surface area (Å²) in [5, 5.41) is 3.39. The molecular formula is C10H17N3O. The molecule has 0 saturated carbocycles. The van der Waals surface area contributed by atoms with E-state index in [1.54, 1.807) is 0 Å². The topological polar surface area (TPSA) is 41.3 Å². The maximum atomic E-state index is 5.48. The first kappa shape index (κ1) is 9.68. The number of piperazine rings is 1. The van der Waals surface area contributed by atoms with Crippen LogP contribution in [0.3, 0.4) is 0 Å². The number of nitrogens with zero attached hydrogens (tertiary/aromatic N) is 2. The summed E-state index contributed by atoms with van der Waals surface area (Å²) in [5.41, 5.74) is 0.932. The first-order chi connectivity index (χ1) is 6.64. The number of hydrogen-bond acceptors (Lipinski definition) is 4. The van der Waals surface area contributed by atoms with Crippen LogP contribution in [0, 0.1) is 6.92 Å². The fourth-order valence-corrected chi connectivity index (χ4v) is 2.03. The fourth-order valence-electron chi connectivity index (χ4n) is 2.03. The molecule has 0 amide bonds. The molecule has 1 aliphatic rings. The lowest BCUT2D eigenvalue weighted by Crippen LogP contribution is -2.55. The van der Waals surface area contributed by atoms with E-state index in [1.165, 1.54) is 6.39 Å². The fraction of sp³-hybridized carbons (Fsp3) is 0.700. The van der Waals surface area contributed by atoms with Crippen LogP contribution >= 0.6 is 0 Å². The number of aryl methyl sites for hydroxylation is 1. The van der Waals surface area contributed by atoms with Gasteiger partial charge in [0.1, 0.15) is 5.76 Å². The minimum Gasteiger partial charge on any atom is -0.446 e. The predicted molar refractivity (Wildman–Crippen MR) is 54.1 cm³/mol. The summed E-state index contributed by atoms with van der Waals surface area (Å²) in [5.74, 6) is 0.979. The van der Waals surface area contributed by atoms with Gasteiger partial charge in [-0.2, -0.15) is 0 Å². The SMILES string of the molecule is Cc1ncoc1C1(C)CNCCN1C. The Labute approximate surface area is 84.3 Å². The van der Waals surface area contributed by atoms with E-state index in [1.807, 2.05) is 6.92 Å². The van der Waals surface area contributed by atoms with Crippen LogP contribution in [0.1, 0.15) is 18.4 Å². The minimum absolute atomic E-state index is 0.0567. The second-order valence-electron chi connectivity index (χ2n) is 4.14. The zero-order valence-electron chi connectivity index (χ0n) is 9.00. The quantitative estimate of drug-likeness (QED) is 0.717. The molecule has 1 atom stereocenters. The van der Waals surface area contributed by atoms with Crippen molar-refractivity contribution in [2.75, 3.05) is 26.7 Å². The average Bonchev–Trinajstić information content (AvgIpc) is 2.57. The van der Waals surface area contributed by atoms with Crippen LogP contribution in [0.2, 0.25) is 0 Å². The molecule has 78 valence electrons. The molecule has 1 unspecified atom stereocenters. The summed E-state index contributed by atoms with van der Waals surface area (Å²) < 4.78 is 5.48. The Morgan fingerprint density at radius 1 is 1.64 bits per heavy atom. The molecule has 1 fully saturated rings. The first-order valence-electron chi connectivity index (χ1n) is 4.97. The molecule has 4 heteroatoms. The van der Waals surface area contributed by atoms with Crippen molar-refractivity contribution in [3.8, 4) is 0 Å². The highest BCUT2D eigenvalue weighted by molar-refractivity contribution is 5.17. The Balaban J connectivity index is 2.34. The van der Waals surface area contributed by atoms with Gasteiger partial charge in [0.15, 0.2) is 6.39 Å². The van der Waals surface area contributed by atoms with Gasteiger partial charge in [-0.3, -0.25) is 4.90 Å². The predicted octanol–water partition coefficient (Wildman–Crippen LogP) is 0.733. The van der Waals surface area contributed by atoms with Crippen molar-refractivity contribution in [3.63, 3.8) is 0 Å². The molecule has 4 nitrogen and oxygen atoms in total. The highest BCUT2D eigenvalue weighted by atomic mass is 16.3. The highest BCUT2D eigenvalue weighted by Crippen LogP contribution is 2.29. The second-order valence-corrected chi connectivity index (χ2v) is 4.14. The summed E-state index contributed by atoms with van der Waals surface area (Å²) in [7, 11) is 2.13. The van der Waals surface area contributed by atoms with Crippen molar-refractivity contribution < 1.29 is 4.42 Å². The van der Waals surface area contributed by atoms with Crippen LogP contribution < -0.4 is 5.32 Å². The molecule has 0 spiro atoms. The Kier molecular flexibility index (Phi) is 2.33. The molecule has 2 rings (SSSR count). The molecule has 0 aliphatic carbocycles. The lowest BCUT2D eigenvalue weighted by Gasteiger charge is -2.41. The molecular weight excluding hydrogens is 178 g/mol. The zero-order valence-corrected chi connectivity index (χ0v) is 9.00. The maximum absolute atomic E-state index is 5.48. The van der Waals surface area contributed by atoms with Crippen LogP contribution in [-0.4, -0.2) is 36.6 Å². The van der Waals surface area contributed by atoms with Gasteiger partial charge >= 0.3 is 0 Å². The van der Waals surface area contributed by atoms with Gasteiger partial charge < -0.3 is 9.73 Å². The van der Waals surface area contributed by atoms with Crippen molar-refractivity contribution in [1.82, 2.24) is 15.2 Å². The van der Waals surface area contributed by atoms with E-state index < -0.39 is 0 Å². The second kappa shape index (κ2) is 3.37. The first-order valence-corrected chi connectivity index (χ1v) is 4.97. The number of likely N-dealkylation sites (N-methyl/N-ethyl adjacent to an activating group) is 1. The van der Waals surface area contributed by atoms with Gasteiger partial charge in [-0.25, -0.2) is 4.98 Å². The van der Waals surface area contributed by atoms with Gasteiger partial charge in [-0.05, 0) is 20.9 Å². The number of hydrogen-bond donors (Lipinski definition) is 1. The standard InChI is InChI=1S/C10H17N3O/c1-8-9(14-7-12-8)10(2)6-11-4-5-13(10)3/h7,11H,4-6H2,1-3H3. The lowest BCUT2D eigenvalue weighted by atomic mass is 9.93. The van der Waals surface area contributed by atoms with Gasteiger partial charge in [0.25, 0.3) is 0 Å². The summed E-state index contributed by atoms with van der Waals surface area (Å²) in [6.07, 6.45) is 1.53. The lowest BCUT2D eigenvalue weighted by molar-refractivity contribution is 0.0807. The largest absolute Gasteiger partial charge is 0.446 e. The van der Waals surface area contributed by atoms with E-state index in [2.05, 4.69) is 29.2 Å². The Bertz CT molecular complexity index is 323. The monoisotopic (exact) mass is 195 g/mol. The summed E-state index contributed by atoms with van der Waals surface area (Å²) >= 11 is 0. The van der Waals surface area contributed by atoms with E-state index >= 15 is 0 Å². The summed E-state index contributed by atoms with van der Waals surface area (Å²) in [4.78, 5) is 6.47. The molecule has 1 saturated heterocycles. The third-order valence-electron chi connectivity index (χ3n) is 3.17. The maximum Gasteiger partial charge on any atom is 0.181 e. The van der Waals surface area contributed by atoms with Crippen LogP contribution in [0.5, 0.6) is 0 Å². The molecule has 1 aromatic heterocycles. The number of nitrogens with one attached hydrogen (secondary N) is 1. The highest BCUT2D eigenvalue weighted by Gasteiger charge is 2.37. The molecule has 2 heterocycles. The molecule has 0 radical (unpaired) electrons. The molecule has 0 aromatic carbocycles. The Hall–Kier alpha value is -0.870. The van der Waals surface area contributed by atoms with Gasteiger partial charge in [-0.15, -0.1) is 0 Å². The van der Waals surface area contributed by atoms with Crippen molar-refractivity contribution in [3.05, 3.63) is 17.8 Å². The summed E-state index contributed by atoms with van der Waals surface area (Å²) in [6.45, 7) is 7.18. The molecule has 1 aromatic rings. The van der Waals surface area contributed by atoms with E-state index in [4.69, 9.17) is 4.42 Å². The Morgan fingerprint density at radius 2 is 2.43 bits per heavy atom. The number of rotatable bonds is 1. The van der Waals surface area contributed by atoms with Crippen LogP contribution in [-0.2, 0) is 5.54 Å². The van der Waals surface area contributed by atoms with E-state index in [0.717, 1.165) is 31.1 Å². The van der Waals surface area contributed by atoms with Crippen LogP contribution in [0.15, 0.2) is 10.8 Å². The normalized spacial score (nSPS) is 29.4. The third-order valence-corrected chi connectivity index (χ3v) is 3.17. The molecule has 1 aliphatic heterocycles. The third kappa shape index (κ3) is 1.35. The molecule has 14 heavy (non-hydrogen) atoms. The molecule has 0 bridgehead atoms.